The van der Waals surface area contributed by atoms with E-state index in [0.29, 0.717) is 13.1 Å². The van der Waals surface area contributed by atoms with Gasteiger partial charge in [-0.1, -0.05) is 0 Å². The first-order valence-corrected chi connectivity index (χ1v) is 7.34. The fourth-order valence-electron chi connectivity index (χ4n) is 0.872. The van der Waals surface area contributed by atoms with Crippen LogP contribution in [0.3, 0.4) is 0 Å². The van der Waals surface area contributed by atoms with E-state index in [1.807, 2.05) is 0 Å². The van der Waals surface area contributed by atoms with Crippen LogP contribution in [0.25, 0.3) is 0 Å². The molecule has 0 fully saturated rings. The van der Waals surface area contributed by atoms with Gasteiger partial charge < -0.3 is 0 Å². The Labute approximate surface area is 97.6 Å². The van der Waals surface area contributed by atoms with Crippen LogP contribution in [-0.2, 0) is 9.13 Å². The molecule has 2 atom stereocenters. The number of nitrogens with one attached hydrogen (secondary N) is 2. The van der Waals surface area contributed by atoms with Crippen LogP contribution < -0.4 is 10.6 Å². The van der Waals surface area contributed by atoms with Crippen molar-refractivity contribution in [3.8, 4) is 0 Å². The van der Waals surface area contributed by atoms with Crippen LogP contribution in [0.15, 0.2) is 0 Å². The Kier molecular flexibility index (Phi) is 6.12. The number of hydrogen-bond acceptors (Lipinski definition) is 4. The van der Waals surface area contributed by atoms with Gasteiger partial charge in [-0.15, -0.1) is 0 Å². The van der Waals surface area contributed by atoms with Crippen molar-refractivity contribution in [3.63, 3.8) is 0 Å². The van der Waals surface area contributed by atoms with Gasteiger partial charge in [-0.25, -0.2) is 0 Å². The highest BCUT2D eigenvalue weighted by atomic mass is 31.1. The van der Waals surface area contributed by atoms with Gasteiger partial charge in [-0.2, -0.15) is 9.79 Å². The zero-order valence-electron chi connectivity index (χ0n) is 10.0. The Morgan fingerprint density at radius 2 is 1.12 bits per heavy atom. The summed E-state index contributed by atoms with van der Waals surface area (Å²) < 4.78 is 21.8. The van der Waals surface area contributed by atoms with Crippen molar-refractivity contribution in [1.29, 1.82) is 0 Å². The Hall–Kier alpha value is 0.0400. The molecule has 16 heavy (non-hydrogen) atoms. The summed E-state index contributed by atoms with van der Waals surface area (Å²) >= 11 is 0. The standard InChI is InChI=1S/C8H18N2O4P2/c1-7(2,15(11)12)9-5-6-10-8(3,4)16(13)14/h9-10H,5-6H2,1-4H3/p+2. The lowest BCUT2D eigenvalue weighted by Gasteiger charge is -2.16. The van der Waals surface area contributed by atoms with Gasteiger partial charge in [0, 0.05) is 40.8 Å². The Balaban J connectivity index is 3.94. The molecule has 0 saturated carbocycles. The van der Waals surface area contributed by atoms with E-state index in [0.717, 1.165) is 0 Å². The summed E-state index contributed by atoms with van der Waals surface area (Å²) in [5.41, 5.74) is 0. The van der Waals surface area contributed by atoms with Gasteiger partial charge in [0.1, 0.15) is 0 Å². The largest absolute Gasteiger partial charge is 0.527 e. The molecule has 0 aliphatic rings. The van der Waals surface area contributed by atoms with E-state index in [-0.39, 0.29) is 0 Å². The molecule has 0 saturated heterocycles. The summed E-state index contributed by atoms with van der Waals surface area (Å²) in [6.45, 7) is 7.40. The smallest absolute Gasteiger partial charge is 0.268 e. The molecule has 0 spiro atoms. The molecule has 0 amide bonds. The van der Waals surface area contributed by atoms with Crippen LogP contribution in [0.5, 0.6) is 0 Å². The number of hydrogen-bond donors (Lipinski definition) is 4. The van der Waals surface area contributed by atoms with Gasteiger partial charge >= 0.3 is 16.1 Å². The molecule has 0 aromatic rings. The summed E-state index contributed by atoms with van der Waals surface area (Å²) in [7, 11) is -4.59. The minimum atomic E-state index is -2.30. The average molecular weight is 270 g/mol. The van der Waals surface area contributed by atoms with E-state index in [4.69, 9.17) is 9.79 Å². The lowest BCUT2D eigenvalue weighted by atomic mass is 10.3. The predicted octanol–water partition coefficient (Wildman–Crippen LogP) is 1.11. The topological polar surface area (TPSA) is 98.7 Å². The van der Waals surface area contributed by atoms with Crippen LogP contribution in [0.1, 0.15) is 27.7 Å². The quantitative estimate of drug-likeness (QED) is 0.408. The second kappa shape index (κ2) is 6.10. The molecule has 4 N–H and O–H groups in total. The lowest BCUT2D eigenvalue weighted by molar-refractivity contribution is 0.400. The molecule has 8 heteroatoms. The lowest BCUT2D eigenvalue weighted by Crippen LogP contribution is -2.44. The first-order valence-electron chi connectivity index (χ1n) is 4.92. The molecule has 0 aliphatic heterocycles. The van der Waals surface area contributed by atoms with Crippen LogP contribution in [0.2, 0.25) is 0 Å². The van der Waals surface area contributed by atoms with Gasteiger partial charge in [-0.05, 0) is 9.13 Å². The average Bonchev–Trinajstić information content (AvgIpc) is 2.12. The van der Waals surface area contributed by atoms with Crippen molar-refractivity contribution >= 4 is 16.1 Å². The Morgan fingerprint density at radius 3 is 1.31 bits per heavy atom. The summed E-state index contributed by atoms with van der Waals surface area (Å²) in [6, 6.07) is 0. The second-order valence-corrected chi connectivity index (χ2v) is 7.85. The van der Waals surface area contributed by atoms with Crippen molar-refractivity contribution in [1.82, 2.24) is 10.6 Å². The van der Waals surface area contributed by atoms with Crippen LogP contribution in [-0.4, -0.2) is 33.4 Å². The van der Waals surface area contributed by atoms with Crippen molar-refractivity contribution in [2.24, 2.45) is 0 Å². The highest BCUT2D eigenvalue weighted by Gasteiger charge is 2.40. The third-order valence-corrected chi connectivity index (χ3v) is 4.43. The van der Waals surface area contributed by atoms with Gasteiger partial charge in [0.25, 0.3) is 0 Å². The summed E-state index contributed by atoms with van der Waals surface area (Å²) in [5.74, 6) is 0. The first-order chi connectivity index (χ1) is 7.09. The summed E-state index contributed by atoms with van der Waals surface area (Å²) in [5, 5.41) is 4.11. The van der Waals surface area contributed by atoms with Crippen LogP contribution >= 0.6 is 16.1 Å². The molecule has 0 rings (SSSR count). The SMILES string of the molecule is CC(C)(NCCNC(C)(C)[P+](=O)O)[P+](=O)O. The molecule has 0 heterocycles. The third kappa shape index (κ3) is 5.39. The van der Waals surface area contributed by atoms with E-state index in [9.17, 15) is 9.13 Å². The normalized spacial score (nSPS) is 14.9. The summed E-state index contributed by atoms with van der Waals surface area (Å²) in [6.07, 6.45) is 0. The Bertz CT molecular complexity index is 253. The van der Waals surface area contributed by atoms with Gasteiger partial charge in [0.05, 0.1) is 0 Å². The van der Waals surface area contributed by atoms with Crippen molar-refractivity contribution in [2.45, 2.75) is 38.3 Å². The fourth-order valence-corrected chi connectivity index (χ4v) is 1.37. The van der Waals surface area contributed by atoms with Crippen molar-refractivity contribution in [3.05, 3.63) is 0 Å². The molecular formula is C8H20N2O4P2+2. The maximum atomic E-state index is 10.9. The van der Waals surface area contributed by atoms with Gasteiger partial charge in [0.15, 0.2) is 0 Å². The molecule has 2 unspecified atom stereocenters. The predicted molar refractivity (Wildman–Crippen MR) is 63.8 cm³/mol. The van der Waals surface area contributed by atoms with Crippen LogP contribution in [0.4, 0.5) is 0 Å². The zero-order chi connectivity index (χ0) is 13.0. The monoisotopic (exact) mass is 270 g/mol. The molecule has 0 bridgehead atoms. The molecule has 0 radical (unpaired) electrons. The molecule has 94 valence electrons. The van der Waals surface area contributed by atoms with Crippen LogP contribution in [0, 0.1) is 0 Å². The van der Waals surface area contributed by atoms with E-state index >= 15 is 0 Å². The van der Waals surface area contributed by atoms with E-state index in [1.54, 1.807) is 27.7 Å². The summed E-state index contributed by atoms with van der Waals surface area (Å²) in [4.78, 5) is 17.9. The number of rotatable bonds is 7. The van der Waals surface area contributed by atoms with Gasteiger partial charge in [0.2, 0.25) is 10.6 Å². The highest BCUT2D eigenvalue weighted by Crippen LogP contribution is 2.32. The molecule has 0 aliphatic carbocycles. The zero-order valence-corrected chi connectivity index (χ0v) is 11.8. The Morgan fingerprint density at radius 1 is 0.875 bits per heavy atom. The third-order valence-electron chi connectivity index (χ3n) is 2.20. The molecular weight excluding hydrogens is 250 g/mol. The first kappa shape index (κ1) is 16.0. The van der Waals surface area contributed by atoms with Crippen molar-refractivity contribution < 1.29 is 18.9 Å². The minimum Gasteiger partial charge on any atom is -0.268 e. The van der Waals surface area contributed by atoms with Crippen molar-refractivity contribution in [2.75, 3.05) is 13.1 Å². The fraction of sp³-hybridized carbons (Fsp3) is 1.00. The maximum Gasteiger partial charge on any atom is 0.527 e. The van der Waals surface area contributed by atoms with E-state index in [1.165, 1.54) is 0 Å². The maximum absolute atomic E-state index is 10.9. The van der Waals surface area contributed by atoms with E-state index < -0.39 is 26.6 Å². The molecule has 0 aromatic heterocycles. The minimum absolute atomic E-state index is 0.446. The second-order valence-electron chi connectivity index (χ2n) is 4.52. The van der Waals surface area contributed by atoms with E-state index in [2.05, 4.69) is 10.6 Å². The van der Waals surface area contributed by atoms with Gasteiger partial charge in [-0.3, -0.25) is 10.6 Å². The molecule has 0 aromatic carbocycles. The highest BCUT2D eigenvalue weighted by molar-refractivity contribution is 7.40. The molecule has 6 nitrogen and oxygen atoms in total.